The first kappa shape index (κ1) is 23.0. The van der Waals surface area contributed by atoms with Crippen LogP contribution in [0, 0.1) is 0 Å². The van der Waals surface area contributed by atoms with E-state index in [4.69, 9.17) is 23.2 Å². The molecule has 1 atom stereocenters. The third-order valence-corrected chi connectivity index (χ3v) is 6.93. The van der Waals surface area contributed by atoms with Crippen LogP contribution in [0.5, 0.6) is 0 Å². The van der Waals surface area contributed by atoms with Gasteiger partial charge in [-0.15, -0.1) is 0 Å². The molecular weight excluding hydrogens is 461 g/mol. The molecule has 7 heteroatoms. The number of benzene rings is 4. The molecule has 4 nitrogen and oxygen atoms in total. The predicted octanol–water partition coefficient (Wildman–Crippen LogP) is 6.15. The molecule has 32 heavy (non-hydrogen) atoms. The van der Waals surface area contributed by atoms with Gasteiger partial charge in [-0.3, -0.25) is 0 Å². The quantitative estimate of drug-likeness (QED) is 0.196. The molecule has 0 spiro atoms. The zero-order valence-corrected chi connectivity index (χ0v) is 20.1. The summed E-state index contributed by atoms with van der Waals surface area (Å²) in [5, 5.41) is 15.8. The van der Waals surface area contributed by atoms with Crippen molar-refractivity contribution < 1.29 is 4.55 Å². The molecule has 1 unspecified atom stereocenters. The second kappa shape index (κ2) is 10.6. The average molecular weight is 486 g/mol. The zero-order valence-electron chi connectivity index (χ0n) is 17.8. The van der Waals surface area contributed by atoms with Crippen molar-refractivity contribution in [2.24, 2.45) is 0 Å². The molecule has 0 aliphatic heterocycles. The van der Waals surface area contributed by atoms with E-state index in [-0.39, 0.29) is 0 Å². The molecule has 4 aromatic rings. The molecule has 0 aliphatic rings. The summed E-state index contributed by atoms with van der Waals surface area (Å²) in [6.45, 7) is 3.04. The monoisotopic (exact) mass is 485 g/mol. The molecule has 4 aromatic carbocycles. The molecule has 0 heterocycles. The van der Waals surface area contributed by atoms with Crippen LogP contribution in [0.3, 0.4) is 0 Å². The number of halogens is 2. The molecular formula is C25H25Cl2N3OS. The van der Waals surface area contributed by atoms with E-state index in [1.54, 1.807) is 6.26 Å². The van der Waals surface area contributed by atoms with Crippen LogP contribution < -0.4 is 16.0 Å². The largest absolute Gasteiger partial charge is 0.612 e. The summed E-state index contributed by atoms with van der Waals surface area (Å²) >= 11 is 11.8. The minimum Gasteiger partial charge on any atom is -0.612 e. The van der Waals surface area contributed by atoms with Gasteiger partial charge < -0.3 is 20.5 Å². The molecule has 4 rings (SSSR count). The minimum atomic E-state index is -1.04. The van der Waals surface area contributed by atoms with Gasteiger partial charge in [-0.1, -0.05) is 65.7 Å². The lowest BCUT2D eigenvalue weighted by molar-refractivity contribution is 0.601. The third-order valence-electron chi connectivity index (χ3n) is 5.34. The van der Waals surface area contributed by atoms with Crippen molar-refractivity contribution in [1.29, 1.82) is 0 Å². The van der Waals surface area contributed by atoms with Gasteiger partial charge in [0.2, 0.25) is 0 Å². The highest BCUT2D eigenvalue weighted by molar-refractivity contribution is 7.91. The lowest BCUT2D eigenvalue weighted by Gasteiger charge is -2.15. The van der Waals surface area contributed by atoms with E-state index < -0.39 is 11.2 Å². The second-order valence-corrected chi connectivity index (χ2v) is 9.64. The van der Waals surface area contributed by atoms with Gasteiger partial charge >= 0.3 is 0 Å². The van der Waals surface area contributed by atoms with Crippen LogP contribution in [-0.4, -0.2) is 37.0 Å². The molecule has 0 radical (unpaired) electrons. The van der Waals surface area contributed by atoms with Crippen molar-refractivity contribution in [1.82, 2.24) is 5.32 Å². The Morgan fingerprint density at radius 2 is 1.38 bits per heavy atom. The maximum atomic E-state index is 12.1. The molecule has 0 amide bonds. The zero-order chi connectivity index (χ0) is 22.5. The first-order chi connectivity index (χ1) is 15.6. The predicted molar refractivity (Wildman–Crippen MR) is 140 cm³/mol. The lowest BCUT2D eigenvalue weighted by atomic mass is 10.1. The second-order valence-electron chi connectivity index (χ2n) is 7.48. The van der Waals surface area contributed by atoms with E-state index in [0.29, 0.717) is 10.0 Å². The van der Waals surface area contributed by atoms with Crippen LogP contribution in [0.2, 0.25) is 10.0 Å². The number of fused-ring (bicyclic) bond motifs is 2. The highest BCUT2D eigenvalue weighted by Crippen LogP contribution is 2.35. The summed E-state index contributed by atoms with van der Waals surface area (Å²) in [4.78, 5) is 0.855. The summed E-state index contributed by atoms with van der Waals surface area (Å²) in [6, 6.07) is 21.7. The normalized spacial score (nSPS) is 12.2. The molecule has 0 bridgehead atoms. The molecule has 0 aromatic heterocycles. The van der Waals surface area contributed by atoms with E-state index >= 15 is 0 Å². The van der Waals surface area contributed by atoms with E-state index in [0.717, 1.165) is 64.0 Å². The molecule has 3 N–H and O–H groups in total. The average Bonchev–Trinajstić information content (AvgIpc) is 2.79. The summed E-state index contributed by atoms with van der Waals surface area (Å²) < 4.78 is 12.1. The number of hydrogen-bond acceptors (Lipinski definition) is 4. The van der Waals surface area contributed by atoms with Crippen LogP contribution in [0.15, 0.2) is 71.6 Å². The Balaban J connectivity index is 1.31. The Kier molecular flexibility index (Phi) is 7.66. The van der Waals surface area contributed by atoms with Gasteiger partial charge in [0.25, 0.3) is 0 Å². The smallest absolute Gasteiger partial charge is 0.162 e. The number of rotatable bonds is 9. The van der Waals surface area contributed by atoms with Crippen LogP contribution >= 0.6 is 23.2 Å². The highest BCUT2D eigenvalue weighted by Gasteiger charge is 2.13. The van der Waals surface area contributed by atoms with Gasteiger partial charge in [0, 0.05) is 37.3 Å². The fourth-order valence-corrected chi connectivity index (χ4v) is 5.15. The molecule has 0 saturated carbocycles. The molecule has 0 aliphatic carbocycles. The highest BCUT2D eigenvalue weighted by atomic mass is 35.5. The van der Waals surface area contributed by atoms with Gasteiger partial charge in [0.1, 0.15) is 6.26 Å². The summed E-state index contributed by atoms with van der Waals surface area (Å²) in [5.74, 6) is 0. The summed E-state index contributed by atoms with van der Waals surface area (Å²) in [7, 11) is 0. The van der Waals surface area contributed by atoms with Crippen molar-refractivity contribution in [2.45, 2.75) is 4.90 Å². The number of hydrogen-bond donors (Lipinski definition) is 3. The standard InChI is InChI=1S/C25H25Cl2N3OS/c1-32(31)22-10-4-7-17-6-3-9-21(24(17)22)29-15-13-28-14-16-30-25-20(27)12-11-18-5-2-8-19(26)23(18)25/h2-12,28-30H,13-16H2,1H3. The van der Waals surface area contributed by atoms with Crippen molar-refractivity contribution in [2.75, 3.05) is 43.1 Å². The first-order valence-corrected chi connectivity index (χ1v) is 12.8. The van der Waals surface area contributed by atoms with Crippen LogP contribution in [-0.2, 0) is 11.2 Å². The molecule has 166 valence electrons. The maximum absolute atomic E-state index is 12.1. The number of anilines is 2. The van der Waals surface area contributed by atoms with E-state index in [2.05, 4.69) is 16.0 Å². The summed E-state index contributed by atoms with van der Waals surface area (Å²) in [6.07, 6.45) is 1.72. The fraction of sp³-hybridized carbons (Fsp3) is 0.200. The first-order valence-electron chi connectivity index (χ1n) is 10.5. The maximum Gasteiger partial charge on any atom is 0.162 e. The van der Waals surface area contributed by atoms with Crippen molar-refractivity contribution in [3.05, 3.63) is 76.8 Å². The van der Waals surface area contributed by atoms with Gasteiger partial charge in [0.15, 0.2) is 4.90 Å². The van der Waals surface area contributed by atoms with Crippen molar-refractivity contribution in [3.63, 3.8) is 0 Å². The van der Waals surface area contributed by atoms with Gasteiger partial charge in [-0.2, -0.15) is 0 Å². The van der Waals surface area contributed by atoms with Gasteiger partial charge in [-0.25, -0.2) is 0 Å². The van der Waals surface area contributed by atoms with Crippen molar-refractivity contribution in [3.8, 4) is 0 Å². The molecule has 0 saturated heterocycles. The Labute approximate surface area is 201 Å². The van der Waals surface area contributed by atoms with Gasteiger partial charge in [0.05, 0.1) is 21.1 Å². The number of nitrogens with one attached hydrogen (secondary N) is 3. The van der Waals surface area contributed by atoms with E-state index in [9.17, 15) is 4.55 Å². The minimum absolute atomic E-state index is 0.660. The Morgan fingerprint density at radius 1 is 0.719 bits per heavy atom. The van der Waals surface area contributed by atoms with E-state index in [1.807, 2.05) is 66.7 Å². The Hall–Kier alpha value is -2.15. The van der Waals surface area contributed by atoms with Crippen LogP contribution in [0.4, 0.5) is 11.4 Å². The fourth-order valence-electron chi connectivity index (χ4n) is 3.86. The van der Waals surface area contributed by atoms with Crippen molar-refractivity contribution >= 4 is 67.3 Å². The lowest BCUT2D eigenvalue weighted by Crippen LogP contribution is -2.27. The molecule has 0 fully saturated rings. The van der Waals surface area contributed by atoms with Gasteiger partial charge in [-0.05, 0) is 46.2 Å². The van der Waals surface area contributed by atoms with Crippen LogP contribution in [0.1, 0.15) is 0 Å². The summed E-state index contributed by atoms with van der Waals surface area (Å²) in [5.41, 5.74) is 1.87. The topological polar surface area (TPSA) is 59.1 Å². The van der Waals surface area contributed by atoms with E-state index in [1.165, 1.54) is 0 Å². The Morgan fingerprint density at radius 3 is 2.12 bits per heavy atom. The third kappa shape index (κ3) is 5.08. The Bertz CT molecular complexity index is 1230. The SMILES string of the molecule is C[S+]([O-])c1cccc2cccc(NCCNCCNc3c(Cl)ccc4cccc(Cl)c34)c12. The van der Waals surface area contributed by atoms with Crippen LogP contribution in [0.25, 0.3) is 21.5 Å².